The van der Waals surface area contributed by atoms with Crippen molar-refractivity contribution >= 4 is 21.6 Å². The van der Waals surface area contributed by atoms with Crippen LogP contribution in [-0.4, -0.2) is 23.7 Å². The first-order valence-electron chi connectivity index (χ1n) is 7.70. The van der Waals surface area contributed by atoms with E-state index >= 15 is 0 Å². The van der Waals surface area contributed by atoms with Crippen LogP contribution in [-0.2, 0) is 11.2 Å². The van der Waals surface area contributed by atoms with E-state index in [4.69, 9.17) is 4.74 Å². The van der Waals surface area contributed by atoms with Gasteiger partial charge in [0.2, 0.25) is 0 Å². The Bertz CT molecular complexity index is 863. The molecule has 0 amide bonds. The Morgan fingerprint density at radius 3 is 2.65 bits per heavy atom. The van der Waals surface area contributed by atoms with Crippen LogP contribution in [0.1, 0.15) is 31.2 Å². The molecule has 3 aromatic rings. The Morgan fingerprint density at radius 1 is 1.26 bits per heavy atom. The number of thiophene rings is 1. The number of aromatic nitrogens is 2. The highest BCUT2D eigenvalue weighted by Crippen LogP contribution is 2.31. The molecule has 1 aromatic carbocycles. The van der Waals surface area contributed by atoms with Crippen molar-refractivity contribution in [3.8, 4) is 11.1 Å². The lowest BCUT2D eigenvalue weighted by atomic mass is 9.99. The average molecular weight is 328 g/mol. The van der Waals surface area contributed by atoms with Gasteiger partial charge in [0, 0.05) is 24.5 Å². The smallest absolute Gasteiger partial charge is 0.260 e. The van der Waals surface area contributed by atoms with E-state index in [1.54, 1.807) is 7.11 Å². The molecule has 0 unspecified atom stereocenters. The molecule has 3 rings (SSSR count). The first-order chi connectivity index (χ1) is 11.1. The van der Waals surface area contributed by atoms with Gasteiger partial charge in [0.1, 0.15) is 10.7 Å². The van der Waals surface area contributed by atoms with Crippen LogP contribution in [0, 0.1) is 0 Å². The minimum atomic E-state index is -0.0784. The van der Waals surface area contributed by atoms with E-state index in [1.165, 1.54) is 16.9 Å². The normalized spacial score (nSPS) is 11.5. The molecule has 0 aliphatic rings. The van der Waals surface area contributed by atoms with Crippen LogP contribution in [0.15, 0.2) is 34.4 Å². The molecule has 4 nitrogen and oxygen atoms in total. The van der Waals surface area contributed by atoms with Crippen LogP contribution in [0.2, 0.25) is 0 Å². The number of nitrogens with one attached hydrogen (secondary N) is 1. The van der Waals surface area contributed by atoms with Crippen molar-refractivity contribution in [1.29, 1.82) is 0 Å². The third kappa shape index (κ3) is 3.21. The van der Waals surface area contributed by atoms with Crippen molar-refractivity contribution in [2.75, 3.05) is 13.7 Å². The number of hydrogen-bond donors (Lipinski definition) is 1. The third-order valence-corrected chi connectivity index (χ3v) is 4.80. The van der Waals surface area contributed by atoms with Crippen molar-refractivity contribution in [1.82, 2.24) is 9.97 Å². The second kappa shape index (κ2) is 6.64. The van der Waals surface area contributed by atoms with Gasteiger partial charge < -0.3 is 9.72 Å². The van der Waals surface area contributed by atoms with Crippen LogP contribution in [0.4, 0.5) is 0 Å². The minimum Gasteiger partial charge on any atom is -0.384 e. The highest BCUT2D eigenvalue weighted by molar-refractivity contribution is 7.17. The maximum atomic E-state index is 12.5. The van der Waals surface area contributed by atoms with Gasteiger partial charge in [-0.25, -0.2) is 4.98 Å². The molecule has 0 fully saturated rings. The van der Waals surface area contributed by atoms with E-state index in [2.05, 4.69) is 48.1 Å². The Morgan fingerprint density at radius 2 is 2.00 bits per heavy atom. The van der Waals surface area contributed by atoms with Crippen molar-refractivity contribution in [3.63, 3.8) is 0 Å². The molecule has 0 spiro atoms. The number of nitrogens with zero attached hydrogens (tertiary/aromatic N) is 1. The van der Waals surface area contributed by atoms with Gasteiger partial charge in [-0.05, 0) is 17.0 Å². The Hall–Kier alpha value is -1.98. The maximum Gasteiger partial charge on any atom is 0.260 e. The molecule has 0 atom stereocenters. The summed E-state index contributed by atoms with van der Waals surface area (Å²) in [6.07, 6.45) is 0.609. The fourth-order valence-electron chi connectivity index (χ4n) is 2.57. The fourth-order valence-corrected chi connectivity index (χ4v) is 3.54. The molecule has 120 valence electrons. The zero-order valence-corrected chi connectivity index (χ0v) is 14.4. The van der Waals surface area contributed by atoms with Gasteiger partial charge in [-0.15, -0.1) is 11.3 Å². The van der Waals surface area contributed by atoms with Gasteiger partial charge in [0.05, 0.1) is 12.0 Å². The Labute approximate surface area is 139 Å². The standard InChI is InChI=1S/C18H20N2O2S/c1-11(2)12-4-6-13(7-5-12)14-10-23-18-16(14)17(21)19-15(20-18)8-9-22-3/h4-7,10-11H,8-9H2,1-3H3,(H,19,20,21). The number of hydrogen-bond acceptors (Lipinski definition) is 4. The van der Waals surface area contributed by atoms with E-state index in [0.717, 1.165) is 16.0 Å². The lowest BCUT2D eigenvalue weighted by Crippen LogP contribution is -2.12. The SMILES string of the molecule is COCCc1nc2scc(-c3ccc(C(C)C)cc3)c2c(=O)[nH]1. The van der Waals surface area contributed by atoms with Crippen LogP contribution < -0.4 is 5.56 Å². The predicted octanol–water partition coefficient (Wildman–Crippen LogP) is 3.96. The van der Waals surface area contributed by atoms with E-state index in [0.29, 0.717) is 30.2 Å². The van der Waals surface area contributed by atoms with Gasteiger partial charge in [-0.3, -0.25) is 4.79 Å². The second-order valence-corrected chi connectivity index (χ2v) is 6.72. The monoisotopic (exact) mass is 328 g/mol. The molecule has 1 N–H and O–H groups in total. The summed E-state index contributed by atoms with van der Waals surface area (Å²) in [7, 11) is 1.64. The summed E-state index contributed by atoms with van der Waals surface area (Å²) in [4.78, 5) is 20.7. The molecular weight excluding hydrogens is 308 g/mol. The van der Waals surface area contributed by atoms with Crippen LogP contribution in [0.3, 0.4) is 0 Å². The Kier molecular flexibility index (Phi) is 4.59. The largest absolute Gasteiger partial charge is 0.384 e. The summed E-state index contributed by atoms with van der Waals surface area (Å²) < 4.78 is 5.04. The number of aromatic amines is 1. The Balaban J connectivity index is 2.03. The highest BCUT2D eigenvalue weighted by atomic mass is 32.1. The summed E-state index contributed by atoms with van der Waals surface area (Å²) in [5, 5.41) is 2.69. The van der Waals surface area contributed by atoms with E-state index < -0.39 is 0 Å². The average Bonchev–Trinajstić information content (AvgIpc) is 2.97. The van der Waals surface area contributed by atoms with Crippen LogP contribution in [0.25, 0.3) is 21.3 Å². The van der Waals surface area contributed by atoms with Crippen LogP contribution >= 0.6 is 11.3 Å². The molecular formula is C18H20N2O2S. The maximum absolute atomic E-state index is 12.5. The van der Waals surface area contributed by atoms with Crippen molar-refractivity contribution in [2.45, 2.75) is 26.2 Å². The zero-order valence-electron chi connectivity index (χ0n) is 13.6. The molecule has 0 bridgehead atoms. The van der Waals surface area contributed by atoms with Crippen molar-refractivity contribution in [3.05, 3.63) is 51.4 Å². The predicted molar refractivity (Wildman–Crippen MR) is 95.3 cm³/mol. The summed E-state index contributed by atoms with van der Waals surface area (Å²) >= 11 is 1.51. The number of rotatable bonds is 5. The van der Waals surface area contributed by atoms with Gasteiger partial charge in [-0.2, -0.15) is 0 Å². The van der Waals surface area contributed by atoms with E-state index in [-0.39, 0.29) is 5.56 Å². The fraction of sp³-hybridized carbons (Fsp3) is 0.333. The van der Waals surface area contributed by atoms with Gasteiger partial charge in [0.25, 0.3) is 5.56 Å². The first kappa shape index (κ1) is 15.9. The quantitative estimate of drug-likeness (QED) is 0.771. The highest BCUT2D eigenvalue weighted by Gasteiger charge is 2.13. The zero-order chi connectivity index (χ0) is 16.4. The molecule has 0 aliphatic carbocycles. The van der Waals surface area contributed by atoms with Gasteiger partial charge >= 0.3 is 0 Å². The lowest BCUT2D eigenvalue weighted by molar-refractivity contribution is 0.200. The molecule has 5 heteroatoms. The summed E-state index contributed by atoms with van der Waals surface area (Å²) in [5.74, 6) is 1.17. The molecule has 23 heavy (non-hydrogen) atoms. The van der Waals surface area contributed by atoms with E-state index in [1.807, 2.05) is 5.38 Å². The first-order valence-corrected chi connectivity index (χ1v) is 8.57. The van der Waals surface area contributed by atoms with Crippen LogP contribution in [0.5, 0.6) is 0 Å². The van der Waals surface area contributed by atoms with Gasteiger partial charge in [0.15, 0.2) is 0 Å². The summed E-state index contributed by atoms with van der Waals surface area (Å²) in [5.41, 5.74) is 3.22. The molecule has 0 saturated heterocycles. The van der Waals surface area contributed by atoms with Crippen molar-refractivity contribution in [2.24, 2.45) is 0 Å². The summed E-state index contributed by atoms with van der Waals surface area (Å²) in [6.45, 7) is 4.89. The number of benzene rings is 1. The van der Waals surface area contributed by atoms with Crippen molar-refractivity contribution < 1.29 is 4.74 Å². The topological polar surface area (TPSA) is 55.0 Å². The van der Waals surface area contributed by atoms with Gasteiger partial charge in [-0.1, -0.05) is 38.1 Å². The molecule has 0 aliphatic heterocycles. The molecule has 2 aromatic heterocycles. The number of H-pyrrole nitrogens is 1. The third-order valence-electron chi connectivity index (χ3n) is 3.92. The number of ether oxygens (including phenoxy) is 1. The number of fused-ring (bicyclic) bond motifs is 1. The minimum absolute atomic E-state index is 0.0784. The van der Waals surface area contributed by atoms with E-state index in [9.17, 15) is 4.79 Å². The summed E-state index contributed by atoms with van der Waals surface area (Å²) in [6, 6.07) is 8.40. The molecule has 0 radical (unpaired) electrons. The second-order valence-electron chi connectivity index (χ2n) is 5.86. The molecule has 2 heterocycles. The molecule has 0 saturated carbocycles. The lowest BCUT2D eigenvalue weighted by Gasteiger charge is -2.06. The number of methoxy groups -OCH3 is 1.